The van der Waals surface area contributed by atoms with Gasteiger partial charge in [-0.3, -0.25) is 4.79 Å². The molecule has 0 amide bonds. The van der Waals surface area contributed by atoms with Crippen LogP contribution in [0.3, 0.4) is 0 Å². The van der Waals surface area contributed by atoms with Crippen molar-refractivity contribution in [2.24, 2.45) is 0 Å². The van der Waals surface area contributed by atoms with E-state index in [0.29, 0.717) is 11.3 Å². The third kappa shape index (κ3) is 2.11. The normalized spacial score (nSPS) is 8.33. The molecule has 12 heavy (non-hydrogen) atoms. The summed E-state index contributed by atoms with van der Waals surface area (Å²) in [7, 11) is 0. The highest BCUT2D eigenvalue weighted by Gasteiger charge is 1.92. The van der Waals surface area contributed by atoms with E-state index in [-0.39, 0.29) is 0 Å². The van der Waals surface area contributed by atoms with Gasteiger partial charge < -0.3 is 4.74 Å². The first-order valence-corrected chi connectivity index (χ1v) is 3.43. The molecule has 0 heterocycles. The maximum atomic E-state index is 10.3. The van der Waals surface area contributed by atoms with Crippen LogP contribution in [0.15, 0.2) is 42.8 Å². The predicted octanol–water partition coefficient (Wildman–Crippen LogP) is 2.18. The van der Waals surface area contributed by atoms with Crippen LogP contribution in [-0.4, -0.2) is 6.29 Å². The molecule has 2 heteroatoms. The van der Waals surface area contributed by atoms with E-state index in [4.69, 9.17) is 4.74 Å². The minimum Gasteiger partial charge on any atom is -0.457 e. The van der Waals surface area contributed by atoms with E-state index in [1.807, 2.05) is 0 Å². The van der Waals surface area contributed by atoms with Gasteiger partial charge in [0.2, 0.25) is 0 Å². The Bertz CT molecular complexity index is 322. The second-order valence-corrected chi connectivity index (χ2v) is 2.13. The molecular formula is C10H8O2. The Morgan fingerprint density at radius 1 is 1.50 bits per heavy atom. The maximum Gasteiger partial charge on any atom is 0.150 e. The SMILES string of the molecule is C=C=COc1cccc(C=O)c1. The van der Waals surface area contributed by atoms with Crippen molar-refractivity contribution in [3.63, 3.8) is 0 Å². The van der Waals surface area contributed by atoms with Crippen LogP contribution >= 0.6 is 0 Å². The molecule has 0 spiro atoms. The number of carbonyl (C=O) groups is 1. The summed E-state index contributed by atoms with van der Waals surface area (Å²) in [5.41, 5.74) is 3.06. The van der Waals surface area contributed by atoms with Crippen molar-refractivity contribution in [3.8, 4) is 5.75 Å². The lowest BCUT2D eigenvalue weighted by Crippen LogP contribution is -1.83. The van der Waals surface area contributed by atoms with Crippen LogP contribution in [0.25, 0.3) is 0 Å². The predicted molar refractivity (Wildman–Crippen MR) is 46.2 cm³/mol. The van der Waals surface area contributed by atoms with Crippen molar-refractivity contribution < 1.29 is 9.53 Å². The van der Waals surface area contributed by atoms with Gasteiger partial charge in [-0.15, -0.1) is 0 Å². The molecule has 0 aliphatic rings. The zero-order valence-corrected chi connectivity index (χ0v) is 6.49. The fourth-order valence-corrected chi connectivity index (χ4v) is 0.771. The molecule has 0 N–H and O–H groups in total. The van der Waals surface area contributed by atoms with Crippen molar-refractivity contribution in [1.82, 2.24) is 0 Å². The van der Waals surface area contributed by atoms with E-state index in [1.165, 1.54) is 6.26 Å². The second kappa shape index (κ2) is 4.16. The van der Waals surface area contributed by atoms with E-state index in [9.17, 15) is 4.79 Å². The topological polar surface area (TPSA) is 26.3 Å². The molecule has 1 aromatic rings. The lowest BCUT2D eigenvalue weighted by molar-refractivity contribution is 0.112. The molecule has 0 saturated carbocycles. The molecule has 2 nitrogen and oxygen atoms in total. The third-order valence-electron chi connectivity index (χ3n) is 1.27. The number of hydrogen-bond acceptors (Lipinski definition) is 2. The molecule has 0 atom stereocenters. The maximum absolute atomic E-state index is 10.3. The monoisotopic (exact) mass is 160 g/mol. The number of rotatable bonds is 3. The van der Waals surface area contributed by atoms with E-state index in [0.717, 1.165) is 6.29 Å². The largest absolute Gasteiger partial charge is 0.457 e. The first-order chi connectivity index (χ1) is 5.86. The highest BCUT2D eigenvalue weighted by molar-refractivity contribution is 5.75. The van der Waals surface area contributed by atoms with Crippen molar-refractivity contribution in [1.29, 1.82) is 0 Å². The Kier molecular flexibility index (Phi) is 2.88. The summed E-state index contributed by atoms with van der Waals surface area (Å²) < 4.78 is 5.04. The van der Waals surface area contributed by atoms with Gasteiger partial charge in [-0.05, 0) is 12.1 Å². The molecular weight excluding hydrogens is 152 g/mol. The minimum absolute atomic E-state index is 0.588. The van der Waals surface area contributed by atoms with Crippen LogP contribution in [0.4, 0.5) is 0 Å². The van der Waals surface area contributed by atoms with Gasteiger partial charge in [-0.2, -0.15) is 0 Å². The van der Waals surface area contributed by atoms with Crippen molar-refractivity contribution in [3.05, 3.63) is 48.4 Å². The van der Waals surface area contributed by atoms with Crippen molar-refractivity contribution in [2.75, 3.05) is 0 Å². The minimum atomic E-state index is 0.588. The van der Waals surface area contributed by atoms with Crippen LogP contribution in [-0.2, 0) is 0 Å². The molecule has 1 aromatic carbocycles. The van der Waals surface area contributed by atoms with Crippen molar-refractivity contribution >= 4 is 6.29 Å². The molecule has 0 aliphatic heterocycles. The smallest absolute Gasteiger partial charge is 0.150 e. The standard InChI is InChI=1S/C10H8O2/c1-2-6-12-10-5-3-4-9(7-10)8-11/h3-8H,1H2. The number of carbonyl (C=O) groups excluding carboxylic acids is 1. The fourth-order valence-electron chi connectivity index (χ4n) is 0.771. The fraction of sp³-hybridized carbons (Fsp3) is 0. The highest BCUT2D eigenvalue weighted by Crippen LogP contribution is 2.11. The lowest BCUT2D eigenvalue weighted by atomic mass is 10.2. The van der Waals surface area contributed by atoms with Gasteiger partial charge in [0.05, 0.1) is 0 Å². The van der Waals surface area contributed by atoms with Crippen LogP contribution in [0.5, 0.6) is 5.75 Å². The molecule has 1 rings (SSSR count). The van der Waals surface area contributed by atoms with Gasteiger partial charge in [0.1, 0.15) is 18.3 Å². The summed E-state index contributed by atoms with van der Waals surface area (Å²) in [6, 6.07) is 6.84. The van der Waals surface area contributed by atoms with E-state index in [1.54, 1.807) is 24.3 Å². The summed E-state index contributed by atoms with van der Waals surface area (Å²) in [6.45, 7) is 3.34. The molecule has 0 aromatic heterocycles. The summed E-state index contributed by atoms with van der Waals surface area (Å²) in [5, 5.41) is 0. The van der Waals surface area contributed by atoms with Gasteiger partial charge in [-0.1, -0.05) is 24.4 Å². The number of ether oxygens (including phenoxy) is 1. The van der Waals surface area contributed by atoms with Crippen LogP contribution in [0, 0.1) is 0 Å². The molecule has 0 saturated heterocycles. The van der Waals surface area contributed by atoms with Gasteiger partial charge in [0.15, 0.2) is 0 Å². The van der Waals surface area contributed by atoms with Crippen LogP contribution in [0.2, 0.25) is 0 Å². The summed E-state index contributed by atoms with van der Waals surface area (Å²) >= 11 is 0. The zero-order valence-electron chi connectivity index (χ0n) is 6.49. The average molecular weight is 160 g/mol. The number of aldehydes is 1. The van der Waals surface area contributed by atoms with E-state index in [2.05, 4.69) is 12.3 Å². The molecule has 0 unspecified atom stereocenters. The molecule has 0 bridgehead atoms. The van der Waals surface area contributed by atoms with Gasteiger partial charge >= 0.3 is 0 Å². The molecule has 0 aliphatic carbocycles. The third-order valence-corrected chi connectivity index (χ3v) is 1.27. The summed E-state index contributed by atoms with van der Waals surface area (Å²) in [4.78, 5) is 10.3. The first kappa shape index (κ1) is 8.31. The first-order valence-electron chi connectivity index (χ1n) is 3.43. The molecule has 0 fully saturated rings. The Morgan fingerprint density at radius 2 is 2.33 bits per heavy atom. The van der Waals surface area contributed by atoms with Crippen LogP contribution in [0.1, 0.15) is 10.4 Å². The summed E-state index contributed by atoms with van der Waals surface area (Å²) in [6.07, 6.45) is 2.11. The highest BCUT2D eigenvalue weighted by atomic mass is 16.5. The van der Waals surface area contributed by atoms with Gasteiger partial charge in [0.25, 0.3) is 0 Å². The average Bonchev–Trinajstić information content (AvgIpc) is 2.15. The van der Waals surface area contributed by atoms with E-state index >= 15 is 0 Å². The zero-order chi connectivity index (χ0) is 8.81. The van der Waals surface area contributed by atoms with Crippen LogP contribution < -0.4 is 4.74 Å². The van der Waals surface area contributed by atoms with Gasteiger partial charge in [0, 0.05) is 5.56 Å². The quantitative estimate of drug-likeness (QED) is 0.385. The second-order valence-electron chi connectivity index (χ2n) is 2.13. The molecule has 60 valence electrons. The number of benzene rings is 1. The Morgan fingerprint density at radius 3 is 3.00 bits per heavy atom. The summed E-state index contributed by atoms with van der Waals surface area (Å²) in [5.74, 6) is 0.607. The molecule has 0 radical (unpaired) electrons. The Hall–Kier alpha value is -1.79. The van der Waals surface area contributed by atoms with Gasteiger partial charge in [-0.25, -0.2) is 0 Å². The number of hydrogen-bond donors (Lipinski definition) is 0. The lowest BCUT2D eigenvalue weighted by Gasteiger charge is -1.97. The van der Waals surface area contributed by atoms with Crippen molar-refractivity contribution in [2.45, 2.75) is 0 Å². The Balaban J connectivity index is 2.85. The van der Waals surface area contributed by atoms with E-state index < -0.39 is 0 Å². The Labute approximate surface area is 70.8 Å².